The van der Waals surface area contributed by atoms with Crippen LogP contribution < -0.4 is 0 Å². The molecule has 0 bridgehead atoms. The summed E-state index contributed by atoms with van der Waals surface area (Å²) in [5.74, 6) is -1.62. The molecule has 0 saturated carbocycles. The highest BCUT2D eigenvalue weighted by Crippen LogP contribution is 2.36. The second kappa shape index (κ2) is 8.97. The Morgan fingerprint density at radius 2 is 1.78 bits per heavy atom. The molecule has 1 N–H and O–H groups in total. The third kappa shape index (κ3) is 4.53. The third-order valence-corrected chi connectivity index (χ3v) is 7.65. The second-order valence-electron chi connectivity index (χ2n) is 7.57. The van der Waals surface area contributed by atoms with E-state index < -0.39 is 27.9 Å². The summed E-state index contributed by atoms with van der Waals surface area (Å²) < 4.78 is 41.0. The summed E-state index contributed by atoms with van der Waals surface area (Å²) in [4.78, 5) is 16.3. The van der Waals surface area contributed by atoms with Crippen molar-refractivity contribution in [3.8, 4) is 0 Å². The van der Waals surface area contributed by atoms with E-state index in [4.69, 9.17) is 11.6 Å². The van der Waals surface area contributed by atoms with E-state index in [9.17, 15) is 22.7 Å². The van der Waals surface area contributed by atoms with Crippen LogP contribution in [0.5, 0.6) is 0 Å². The molecule has 2 heterocycles. The monoisotopic (exact) mass is 474 g/mol. The SMILES string of the molecule is O=C(O)c1ccc([C@@H]2CCCN2S(=O)(=O)c2ccc(F)cc2)nc1Cc1ccc(Cl)cc1. The van der Waals surface area contributed by atoms with Gasteiger partial charge in [0, 0.05) is 18.0 Å². The standard InChI is InChI=1S/C23H20ClFN2O4S/c24-16-5-3-15(4-6-16)14-21-19(23(28)29)11-12-20(26-21)22-2-1-13-27(22)32(30,31)18-9-7-17(25)8-10-18/h3-12,22H,1-2,13-14H2,(H,28,29)/t22-/m0/s1. The van der Waals surface area contributed by atoms with Crippen LogP contribution >= 0.6 is 11.6 Å². The molecule has 1 fully saturated rings. The second-order valence-corrected chi connectivity index (χ2v) is 9.89. The minimum Gasteiger partial charge on any atom is -0.478 e. The molecular formula is C23H20ClFN2O4S. The zero-order valence-corrected chi connectivity index (χ0v) is 18.5. The summed E-state index contributed by atoms with van der Waals surface area (Å²) in [6, 6.07) is 14.2. The van der Waals surface area contributed by atoms with Crippen LogP contribution in [0.25, 0.3) is 0 Å². The zero-order valence-electron chi connectivity index (χ0n) is 16.9. The number of aromatic carboxylic acids is 1. The lowest BCUT2D eigenvalue weighted by atomic mass is 10.0. The van der Waals surface area contributed by atoms with Crippen molar-refractivity contribution in [1.82, 2.24) is 9.29 Å². The van der Waals surface area contributed by atoms with Crippen LogP contribution in [-0.4, -0.2) is 35.3 Å². The number of nitrogens with zero attached hydrogens (tertiary/aromatic N) is 2. The fourth-order valence-corrected chi connectivity index (χ4v) is 5.69. The van der Waals surface area contributed by atoms with Crippen molar-refractivity contribution in [3.05, 3.63) is 94.0 Å². The number of benzene rings is 2. The summed E-state index contributed by atoms with van der Waals surface area (Å²) in [6.07, 6.45) is 1.46. The first kappa shape index (κ1) is 22.4. The van der Waals surface area contributed by atoms with Gasteiger partial charge in [-0.2, -0.15) is 4.31 Å². The number of rotatable bonds is 6. The fourth-order valence-electron chi connectivity index (χ4n) is 3.89. The number of pyridine rings is 1. The topological polar surface area (TPSA) is 87.6 Å². The van der Waals surface area contributed by atoms with Crippen molar-refractivity contribution in [3.63, 3.8) is 0 Å². The molecular weight excluding hydrogens is 455 g/mol. The first-order valence-corrected chi connectivity index (χ1v) is 11.8. The van der Waals surface area contributed by atoms with Gasteiger partial charge in [-0.3, -0.25) is 4.98 Å². The average Bonchev–Trinajstić information content (AvgIpc) is 3.26. The van der Waals surface area contributed by atoms with Gasteiger partial charge < -0.3 is 5.11 Å². The normalized spacial score (nSPS) is 16.9. The van der Waals surface area contributed by atoms with E-state index in [0.717, 1.165) is 17.7 Å². The van der Waals surface area contributed by atoms with Gasteiger partial charge in [0.2, 0.25) is 10.0 Å². The van der Waals surface area contributed by atoms with E-state index in [0.29, 0.717) is 35.8 Å². The molecule has 0 radical (unpaired) electrons. The maximum absolute atomic E-state index is 13.3. The molecule has 4 rings (SSSR count). The molecule has 1 saturated heterocycles. The van der Waals surface area contributed by atoms with Crippen molar-refractivity contribution in [2.24, 2.45) is 0 Å². The lowest BCUT2D eigenvalue weighted by Gasteiger charge is -2.24. The van der Waals surface area contributed by atoms with Gasteiger partial charge in [0.15, 0.2) is 0 Å². The molecule has 1 aromatic heterocycles. The van der Waals surface area contributed by atoms with Crippen LogP contribution in [-0.2, 0) is 16.4 Å². The van der Waals surface area contributed by atoms with E-state index in [1.54, 1.807) is 30.3 Å². The molecule has 0 aliphatic carbocycles. The van der Waals surface area contributed by atoms with E-state index in [-0.39, 0.29) is 16.9 Å². The van der Waals surface area contributed by atoms with Crippen LogP contribution in [0.3, 0.4) is 0 Å². The highest BCUT2D eigenvalue weighted by atomic mass is 35.5. The molecule has 1 atom stereocenters. The number of aromatic nitrogens is 1. The predicted octanol–water partition coefficient (Wildman–Crippen LogP) is 4.69. The number of hydrogen-bond donors (Lipinski definition) is 1. The Balaban J connectivity index is 1.69. The molecule has 6 nitrogen and oxygen atoms in total. The van der Waals surface area contributed by atoms with E-state index in [1.807, 2.05) is 0 Å². The lowest BCUT2D eigenvalue weighted by Crippen LogP contribution is -2.31. The summed E-state index contributed by atoms with van der Waals surface area (Å²) >= 11 is 5.93. The van der Waals surface area contributed by atoms with Gasteiger partial charge in [-0.25, -0.2) is 17.6 Å². The Bertz CT molecular complexity index is 1250. The van der Waals surface area contributed by atoms with Gasteiger partial charge in [0.1, 0.15) is 5.82 Å². The van der Waals surface area contributed by atoms with Crippen LogP contribution in [0.4, 0.5) is 4.39 Å². The Hall–Kier alpha value is -2.81. The van der Waals surface area contributed by atoms with Crippen molar-refractivity contribution in [2.75, 3.05) is 6.54 Å². The van der Waals surface area contributed by atoms with Crippen molar-refractivity contribution < 1.29 is 22.7 Å². The third-order valence-electron chi connectivity index (χ3n) is 5.48. The quantitative estimate of drug-likeness (QED) is 0.560. The van der Waals surface area contributed by atoms with Gasteiger partial charge in [0.05, 0.1) is 27.9 Å². The number of hydrogen-bond acceptors (Lipinski definition) is 4. The smallest absolute Gasteiger partial charge is 0.337 e. The minimum absolute atomic E-state index is 0.00865. The van der Waals surface area contributed by atoms with Gasteiger partial charge in [-0.15, -0.1) is 0 Å². The summed E-state index contributed by atoms with van der Waals surface area (Å²) in [5, 5.41) is 10.2. The fraction of sp³-hybridized carbons (Fsp3) is 0.217. The number of halogens is 2. The molecule has 2 aromatic carbocycles. The molecule has 1 aliphatic heterocycles. The molecule has 32 heavy (non-hydrogen) atoms. The number of carbonyl (C=O) groups is 1. The summed E-state index contributed by atoms with van der Waals surface area (Å²) in [6.45, 7) is 0.305. The van der Waals surface area contributed by atoms with Gasteiger partial charge in [-0.05, 0) is 66.9 Å². The van der Waals surface area contributed by atoms with Gasteiger partial charge >= 0.3 is 5.97 Å². The Morgan fingerprint density at radius 3 is 2.44 bits per heavy atom. The molecule has 1 aliphatic rings. The maximum Gasteiger partial charge on any atom is 0.337 e. The molecule has 166 valence electrons. The number of carboxylic acid groups (broad SMARTS) is 1. The Labute approximate surface area is 190 Å². The molecule has 0 amide bonds. The zero-order chi connectivity index (χ0) is 22.9. The predicted molar refractivity (Wildman–Crippen MR) is 118 cm³/mol. The minimum atomic E-state index is -3.86. The highest BCUT2D eigenvalue weighted by Gasteiger charge is 2.37. The number of sulfonamides is 1. The first-order chi connectivity index (χ1) is 15.3. The number of carboxylic acids is 1. The summed E-state index contributed by atoms with van der Waals surface area (Å²) in [7, 11) is -3.86. The van der Waals surface area contributed by atoms with Crippen LogP contribution in [0.1, 0.15) is 46.2 Å². The van der Waals surface area contributed by atoms with Gasteiger partial charge in [0.25, 0.3) is 0 Å². The maximum atomic E-state index is 13.3. The van der Waals surface area contributed by atoms with Crippen molar-refractivity contribution >= 4 is 27.6 Å². The Morgan fingerprint density at radius 1 is 1.09 bits per heavy atom. The molecule has 9 heteroatoms. The molecule has 0 spiro atoms. The van der Waals surface area contributed by atoms with Crippen molar-refractivity contribution in [2.45, 2.75) is 30.2 Å². The highest BCUT2D eigenvalue weighted by molar-refractivity contribution is 7.89. The van der Waals surface area contributed by atoms with Crippen LogP contribution in [0.15, 0.2) is 65.6 Å². The van der Waals surface area contributed by atoms with Gasteiger partial charge in [-0.1, -0.05) is 23.7 Å². The molecule has 0 unspecified atom stereocenters. The molecule has 3 aromatic rings. The van der Waals surface area contributed by atoms with E-state index in [2.05, 4.69) is 4.98 Å². The van der Waals surface area contributed by atoms with E-state index >= 15 is 0 Å². The first-order valence-electron chi connectivity index (χ1n) is 10.0. The van der Waals surface area contributed by atoms with Crippen LogP contribution in [0, 0.1) is 5.82 Å². The van der Waals surface area contributed by atoms with Crippen molar-refractivity contribution in [1.29, 1.82) is 0 Å². The largest absolute Gasteiger partial charge is 0.478 e. The van der Waals surface area contributed by atoms with E-state index in [1.165, 1.54) is 22.5 Å². The Kier molecular flexibility index (Phi) is 6.28. The average molecular weight is 475 g/mol. The lowest BCUT2D eigenvalue weighted by molar-refractivity contribution is 0.0695. The van der Waals surface area contributed by atoms with Crippen LogP contribution in [0.2, 0.25) is 5.02 Å². The summed E-state index contributed by atoms with van der Waals surface area (Å²) in [5.41, 5.74) is 1.74.